The largest absolute Gasteiger partial charge is 0.481 e. The van der Waals surface area contributed by atoms with Crippen molar-refractivity contribution in [2.45, 2.75) is 12.8 Å². The van der Waals surface area contributed by atoms with E-state index in [-0.39, 0.29) is 12.8 Å². The van der Waals surface area contributed by atoms with Gasteiger partial charge in [-0.3, -0.25) is 9.59 Å². The Morgan fingerprint density at radius 1 is 1.00 bits per heavy atom. The van der Waals surface area contributed by atoms with E-state index in [1.165, 1.54) is 12.2 Å². The standard InChI is InChI=1S/2C4H6O2/c2*1-2-3-4(5)6/h2*2H,1,3H2,(H,5,6). The molecule has 0 aliphatic rings. The van der Waals surface area contributed by atoms with Crippen molar-refractivity contribution >= 4 is 11.9 Å². The van der Waals surface area contributed by atoms with Gasteiger partial charge in [0, 0.05) is 0 Å². The molecule has 0 heterocycles. The Bertz CT molecular complexity index is 152. The van der Waals surface area contributed by atoms with Crippen LogP contribution in [0.4, 0.5) is 0 Å². The maximum Gasteiger partial charge on any atom is 0.307 e. The second kappa shape index (κ2) is 9.42. The summed E-state index contributed by atoms with van der Waals surface area (Å²) in [6.45, 7) is 6.44. The predicted molar refractivity (Wildman–Crippen MR) is 44.9 cm³/mol. The molecule has 0 rings (SSSR count). The molecule has 0 spiro atoms. The first kappa shape index (κ1) is 13.0. The Kier molecular flexibility index (Phi) is 10.2. The summed E-state index contributed by atoms with van der Waals surface area (Å²) in [7, 11) is 0. The van der Waals surface area contributed by atoms with E-state index in [2.05, 4.69) is 13.2 Å². The van der Waals surface area contributed by atoms with Gasteiger partial charge in [0.05, 0.1) is 12.8 Å². The minimum Gasteiger partial charge on any atom is -0.481 e. The molecular weight excluding hydrogens is 160 g/mol. The van der Waals surface area contributed by atoms with Crippen molar-refractivity contribution in [1.29, 1.82) is 0 Å². The molecule has 0 aliphatic heterocycles. The lowest BCUT2D eigenvalue weighted by Gasteiger charge is -1.75. The van der Waals surface area contributed by atoms with Gasteiger partial charge in [-0.05, 0) is 0 Å². The van der Waals surface area contributed by atoms with Crippen LogP contribution in [-0.4, -0.2) is 22.2 Å². The fraction of sp³-hybridized carbons (Fsp3) is 0.250. The number of carboxylic acids is 2. The highest BCUT2D eigenvalue weighted by Crippen LogP contribution is 1.74. The van der Waals surface area contributed by atoms with Crippen LogP contribution >= 0.6 is 0 Å². The lowest BCUT2D eigenvalue weighted by Crippen LogP contribution is -1.88. The van der Waals surface area contributed by atoms with Crippen molar-refractivity contribution in [3.05, 3.63) is 25.3 Å². The van der Waals surface area contributed by atoms with Gasteiger partial charge >= 0.3 is 11.9 Å². The lowest BCUT2D eigenvalue weighted by atomic mass is 10.4. The maximum absolute atomic E-state index is 9.53. The van der Waals surface area contributed by atoms with Crippen LogP contribution in [0.5, 0.6) is 0 Å². The summed E-state index contributed by atoms with van der Waals surface area (Å²) in [5.41, 5.74) is 0. The fourth-order valence-corrected chi connectivity index (χ4v) is 0.247. The Balaban J connectivity index is 0. The molecule has 0 aromatic rings. The first-order chi connectivity index (χ1) is 5.54. The molecule has 0 atom stereocenters. The van der Waals surface area contributed by atoms with Crippen LogP contribution in [-0.2, 0) is 9.59 Å². The molecular formula is C8H12O4. The van der Waals surface area contributed by atoms with E-state index >= 15 is 0 Å². The van der Waals surface area contributed by atoms with Gasteiger partial charge in [0.1, 0.15) is 0 Å². The van der Waals surface area contributed by atoms with Gasteiger partial charge in [0.25, 0.3) is 0 Å². The highest BCUT2D eigenvalue weighted by molar-refractivity contribution is 5.68. The zero-order valence-electron chi connectivity index (χ0n) is 6.69. The molecule has 0 bridgehead atoms. The maximum atomic E-state index is 9.53. The third-order valence-corrected chi connectivity index (χ3v) is 0.638. The topological polar surface area (TPSA) is 74.6 Å². The molecule has 0 aromatic carbocycles. The van der Waals surface area contributed by atoms with Crippen LogP contribution in [0, 0.1) is 0 Å². The van der Waals surface area contributed by atoms with Crippen molar-refractivity contribution in [3.8, 4) is 0 Å². The van der Waals surface area contributed by atoms with Crippen molar-refractivity contribution in [1.82, 2.24) is 0 Å². The average molecular weight is 172 g/mol. The molecule has 0 saturated carbocycles. The number of hydrogen-bond donors (Lipinski definition) is 2. The third-order valence-electron chi connectivity index (χ3n) is 0.638. The van der Waals surface area contributed by atoms with E-state index < -0.39 is 11.9 Å². The summed E-state index contributed by atoms with van der Waals surface area (Å²) in [6, 6.07) is 0. The monoisotopic (exact) mass is 172 g/mol. The summed E-state index contributed by atoms with van der Waals surface area (Å²) in [5, 5.41) is 15.7. The molecule has 12 heavy (non-hydrogen) atoms. The zero-order valence-corrected chi connectivity index (χ0v) is 6.69. The molecule has 2 N–H and O–H groups in total. The normalized spacial score (nSPS) is 7.33. The smallest absolute Gasteiger partial charge is 0.307 e. The van der Waals surface area contributed by atoms with Crippen LogP contribution in [0.25, 0.3) is 0 Å². The lowest BCUT2D eigenvalue weighted by molar-refractivity contribution is -0.137. The van der Waals surface area contributed by atoms with Gasteiger partial charge in [-0.25, -0.2) is 0 Å². The molecule has 0 fully saturated rings. The average Bonchev–Trinajstić information content (AvgIpc) is 1.87. The first-order valence-electron chi connectivity index (χ1n) is 3.20. The molecule has 0 amide bonds. The molecule has 0 unspecified atom stereocenters. The van der Waals surface area contributed by atoms with E-state index in [1.54, 1.807) is 0 Å². The van der Waals surface area contributed by atoms with E-state index in [9.17, 15) is 9.59 Å². The van der Waals surface area contributed by atoms with Gasteiger partial charge < -0.3 is 10.2 Å². The van der Waals surface area contributed by atoms with Crippen molar-refractivity contribution in [3.63, 3.8) is 0 Å². The molecule has 4 heteroatoms. The second-order valence-corrected chi connectivity index (χ2v) is 1.77. The second-order valence-electron chi connectivity index (χ2n) is 1.77. The number of hydrogen-bond acceptors (Lipinski definition) is 2. The minimum absolute atomic E-state index is 0.0556. The fourth-order valence-electron chi connectivity index (χ4n) is 0.247. The van der Waals surface area contributed by atoms with Crippen LogP contribution in [0.2, 0.25) is 0 Å². The molecule has 0 aliphatic carbocycles. The van der Waals surface area contributed by atoms with Gasteiger partial charge in [0.2, 0.25) is 0 Å². The van der Waals surface area contributed by atoms with E-state index in [0.29, 0.717) is 0 Å². The van der Waals surface area contributed by atoms with Crippen molar-refractivity contribution in [2.75, 3.05) is 0 Å². The summed E-state index contributed by atoms with van der Waals surface area (Å²) >= 11 is 0. The van der Waals surface area contributed by atoms with Gasteiger partial charge in [-0.15, -0.1) is 13.2 Å². The molecule has 4 nitrogen and oxygen atoms in total. The van der Waals surface area contributed by atoms with E-state index in [4.69, 9.17) is 10.2 Å². The van der Waals surface area contributed by atoms with Gasteiger partial charge in [0.15, 0.2) is 0 Å². The highest BCUT2D eigenvalue weighted by Gasteiger charge is 1.84. The van der Waals surface area contributed by atoms with Crippen molar-refractivity contribution in [2.24, 2.45) is 0 Å². The summed E-state index contributed by atoms with van der Waals surface area (Å²) in [6.07, 6.45) is 2.81. The Labute approximate surface area is 70.8 Å². The van der Waals surface area contributed by atoms with Crippen molar-refractivity contribution < 1.29 is 19.8 Å². The summed E-state index contributed by atoms with van der Waals surface area (Å²) in [4.78, 5) is 19.1. The predicted octanol–water partition coefficient (Wildman–Crippen LogP) is 1.29. The van der Waals surface area contributed by atoms with Crippen LogP contribution in [0.1, 0.15) is 12.8 Å². The number of rotatable bonds is 4. The number of carboxylic acid groups (broad SMARTS) is 2. The quantitative estimate of drug-likeness (QED) is 0.626. The van der Waals surface area contributed by atoms with Gasteiger partial charge in [-0.2, -0.15) is 0 Å². The van der Waals surface area contributed by atoms with Crippen LogP contribution < -0.4 is 0 Å². The summed E-state index contributed by atoms with van der Waals surface area (Å²) in [5.74, 6) is -1.66. The number of carbonyl (C=O) groups is 2. The van der Waals surface area contributed by atoms with E-state index in [1.807, 2.05) is 0 Å². The Morgan fingerprint density at radius 3 is 1.25 bits per heavy atom. The molecule has 0 aromatic heterocycles. The highest BCUT2D eigenvalue weighted by atomic mass is 16.4. The zero-order chi connectivity index (χ0) is 9.98. The molecule has 0 radical (unpaired) electrons. The van der Waals surface area contributed by atoms with Crippen LogP contribution in [0.3, 0.4) is 0 Å². The molecule has 0 saturated heterocycles. The SMILES string of the molecule is C=CCC(=O)O.C=CCC(=O)O. The summed E-state index contributed by atoms with van der Waals surface area (Å²) < 4.78 is 0. The first-order valence-corrected chi connectivity index (χ1v) is 3.20. The van der Waals surface area contributed by atoms with Gasteiger partial charge in [-0.1, -0.05) is 12.2 Å². The van der Waals surface area contributed by atoms with Crippen LogP contribution in [0.15, 0.2) is 25.3 Å². The van der Waals surface area contributed by atoms with E-state index in [0.717, 1.165) is 0 Å². The Morgan fingerprint density at radius 2 is 1.25 bits per heavy atom. The minimum atomic E-state index is -0.829. The third kappa shape index (κ3) is 23.7. The molecule has 68 valence electrons. The number of aliphatic carboxylic acids is 2. The Hall–Kier alpha value is -1.58.